The van der Waals surface area contributed by atoms with Crippen molar-refractivity contribution < 1.29 is 24.1 Å². The van der Waals surface area contributed by atoms with Crippen LogP contribution in [0.3, 0.4) is 0 Å². The highest BCUT2D eigenvalue weighted by atomic mass is 16.7. The summed E-state index contributed by atoms with van der Waals surface area (Å²) < 4.78 is 16.5. The topological polar surface area (TPSA) is 65.0 Å². The minimum absolute atomic E-state index is 0.119. The predicted molar refractivity (Wildman–Crippen MR) is 90.8 cm³/mol. The fourth-order valence-corrected chi connectivity index (χ4v) is 2.23. The second-order valence-electron chi connectivity index (χ2n) is 5.27. The average molecular weight is 330 g/mol. The molecule has 128 valence electrons. The van der Waals surface area contributed by atoms with Gasteiger partial charge in [0.05, 0.1) is 12.2 Å². The molecule has 1 unspecified atom stereocenters. The summed E-state index contributed by atoms with van der Waals surface area (Å²) in [7, 11) is 1.55. The number of rotatable bonds is 9. The molecule has 0 spiro atoms. The lowest BCUT2D eigenvalue weighted by atomic mass is 10.1. The zero-order valence-electron chi connectivity index (χ0n) is 13.9. The number of carboxylic acid groups (broad SMARTS) is 1. The number of methoxy groups -OCH3 is 1. The van der Waals surface area contributed by atoms with Gasteiger partial charge in [0.15, 0.2) is 6.29 Å². The first-order chi connectivity index (χ1) is 11.6. The van der Waals surface area contributed by atoms with Crippen molar-refractivity contribution in [3.63, 3.8) is 0 Å². The molecule has 0 heterocycles. The monoisotopic (exact) mass is 330 g/mol. The number of hydrogen-bond donors (Lipinski definition) is 1. The van der Waals surface area contributed by atoms with Crippen LogP contribution in [0, 0.1) is 0 Å². The summed E-state index contributed by atoms with van der Waals surface area (Å²) >= 11 is 0. The van der Waals surface area contributed by atoms with Crippen molar-refractivity contribution in [2.75, 3.05) is 13.7 Å². The number of carbonyl (C=O) groups is 1. The van der Waals surface area contributed by atoms with E-state index < -0.39 is 12.3 Å². The molecule has 0 aromatic heterocycles. The Morgan fingerprint density at radius 3 is 2.46 bits per heavy atom. The van der Waals surface area contributed by atoms with E-state index in [1.165, 1.54) is 12.1 Å². The quantitative estimate of drug-likeness (QED) is 0.709. The van der Waals surface area contributed by atoms with Crippen molar-refractivity contribution in [3.05, 3.63) is 59.7 Å². The van der Waals surface area contributed by atoms with E-state index in [9.17, 15) is 9.90 Å². The maximum atomic E-state index is 11.3. The minimum atomic E-state index is -1.03. The Balaban J connectivity index is 2.07. The molecule has 2 aromatic carbocycles. The van der Waals surface area contributed by atoms with E-state index in [4.69, 9.17) is 14.2 Å². The summed E-state index contributed by atoms with van der Waals surface area (Å²) in [5.74, 6) is -0.149. The molecule has 24 heavy (non-hydrogen) atoms. The second-order valence-corrected chi connectivity index (χ2v) is 5.27. The Hall–Kier alpha value is -2.53. The van der Waals surface area contributed by atoms with Crippen molar-refractivity contribution >= 4 is 5.97 Å². The van der Waals surface area contributed by atoms with Crippen molar-refractivity contribution in [3.8, 4) is 11.5 Å². The lowest BCUT2D eigenvalue weighted by Crippen LogP contribution is -2.17. The van der Waals surface area contributed by atoms with Crippen LogP contribution >= 0.6 is 0 Å². The Labute approximate surface area is 141 Å². The molecular weight excluding hydrogens is 308 g/mol. The fraction of sp³-hybridized carbons (Fsp3) is 0.316. The molecule has 0 radical (unpaired) electrons. The molecule has 0 saturated heterocycles. The third kappa shape index (κ3) is 5.28. The molecule has 0 aliphatic carbocycles. The lowest BCUT2D eigenvalue weighted by Gasteiger charge is -2.17. The summed E-state index contributed by atoms with van der Waals surface area (Å²) in [6.07, 6.45) is 0.966. The van der Waals surface area contributed by atoms with Gasteiger partial charge in [-0.1, -0.05) is 37.3 Å². The van der Waals surface area contributed by atoms with Crippen molar-refractivity contribution in [1.82, 2.24) is 0 Å². The van der Waals surface area contributed by atoms with Gasteiger partial charge in [-0.2, -0.15) is 0 Å². The molecule has 2 aromatic rings. The van der Waals surface area contributed by atoms with Crippen LogP contribution in [-0.4, -0.2) is 31.1 Å². The van der Waals surface area contributed by atoms with E-state index >= 15 is 0 Å². The Morgan fingerprint density at radius 2 is 1.83 bits per heavy atom. The van der Waals surface area contributed by atoms with E-state index in [-0.39, 0.29) is 5.56 Å². The van der Waals surface area contributed by atoms with E-state index in [1.807, 2.05) is 37.3 Å². The molecule has 0 aliphatic rings. The molecule has 0 aliphatic heterocycles. The Kier molecular flexibility index (Phi) is 6.63. The van der Waals surface area contributed by atoms with E-state index in [0.717, 1.165) is 12.0 Å². The highest BCUT2D eigenvalue weighted by molar-refractivity contribution is 5.88. The summed E-state index contributed by atoms with van der Waals surface area (Å²) in [5.41, 5.74) is 1.28. The van der Waals surface area contributed by atoms with Crippen LogP contribution in [0.5, 0.6) is 11.5 Å². The van der Waals surface area contributed by atoms with Crippen LogP contribution in [0.4, 0.5) is 0 Å². The van der Waals surface area contributed by atoms with Gasteiger partial charge in [0.25, 0.3) is 0 Å². The third-order valence-electron chi connectivity index (χ3n) is 3.49. The normalized spacial score (nSPS) is 11.8. The number of benzene rings is 2. The van der Waals surface area contributed by atoms with Gasteiger partial charge in [-0.25, -0.2) is 4.79 Å². The van der Waals surface area contributed by atoms with Gasteiger partial charge in [-0.05, 0) is 17.7 Å². The zero-order valence-corrected chi connectivity index (χ0v) is 13.9. The molecule has 5 heteroatoms. The fourth-order valence-electron chi connectivity index (χ4n) is 2.23. The van der Waals surface area contributed by atoms with Gasteiger partial charge >= 0.3 is 5.97 Å². The maximum absolute atomic E-state index is 11.3. The van der Waals surface area contributed by atoms with E-state index in [1.54, 1.807) is 13.2 Å². The lowest BCUT2D eigenvalue weighted by molar-refractivity contribution is -0.0549. The molecule has 0 fully saturated rings. The summed E-state index contributed by atoms with van der Waals surface area (Å²) in [4.78, 5) is 11.3. The SMILES string of the molecule is CCC(OC)Oc1cc(OCCc2ccccc2)cc(C(=O)O)c1. The van der Waals surface area contributed by atoms with Crippen LogP contribution < -0.4 is 9.47 Å². The van der Waals surface area contributed by atoms with E-state index in [2.05, 4.69) is 0 Å². The highest BCUT2D eigenvalue weighted by Gasteiger charge is 2.12. The molecule has 1 atom stereocenters. The van der Waals surface area contributed by atoms with Crippen LogP contribution in [0.25, 0.3) is 0 Å². The van der Waals surface area contributed by atoms with Gasteiger partial charge in [0.2, 0.25) is 0 Å². The molecule has 2 rings (SSSR count). The molecular formula is C19H22O5. The van der Waals surface area contributed by atoms with Crippen LogP contribution in [-0.2, 0) is 11.2 Å². The molecule has 0 saturated carbocycles. The summed E-state index contributed by atoms with van der Waals surface area (Å²) in [5, 5.41) is 9.24. The Bertz CT molecular complexity index is 650. The largest absolute Gasteiger partial charge is 0.493 e. The maximum Gasteiger partial charge on any atom is 0.335 e. The minimum Gasteiger partial charge on any atom is -0.493 e. The third-order valence-corrected chi connectivity index (χ3v) is 3.49. The molecule has 0 bridgehead atoms. The number of aromatic carboxylic acids is 1. The van der Waals surface area contributed by atoms with Crippen molar-refractivity contribution in [2.24, 2.45) is 0 Å². The average Bonchev–Trinajstić information content (AvgIpc) is 2.60. The first-order valence-electron chi connectivity index (χ1n) is 7.87. The van der Waals surface area contributed by atoms with Crippen LogP contribution in [0.1, 0.15) is 29.3 Å². The molecule has 5 nitrogen and oxygen atoms in total. The van der Waals surface area contributed by atoms with Gasteiger partial charge < -0.3 is 19.3 Å². The predicted octanol–water partition coefficient (Wildman–Crippen LogP) is 3.77. The van der Waals surface area contributed by atoms with Gasteiger partial charge in [-0.15, -0.1) is 0 Å². The first kappa shape index (κ1) is 17.8. The number of ether oxygens (including phenoxy) is 3. The molecule has 1 N–H and O–H groups in total. The summed E-state index contributed by atoms with van der Waals surface area (Å²) in [6.45, 7) is 2.38. The zero-order chi connectivity index (χ0) is 17.4. The van der Waals surface area contributed by atoms with Crippen LogP contribution in [0.2, 0.25) is 0 Å². The smallest absolute Gasteiger partial charge is 0.335 e. The van der Waals surface area contributed by atoms with Crippen LogP contribution in [0.15, 0.2) is 48.5 Å². The summed E-state index contributed by atoms with van der Waals surface area (Å²) in [6, 6.07) is 14.6. The standard InChI is InChI=1S/C19H22O5/c1-3-18(22-2)24-17-12-15(19(20)21)11-16(13-17)23-10-9-14-7-5-4-6-8-14/h4-8,11-13,18H,3,9-10H2,1-2H3,(H,20,21). The van der Waals surface area contributed by atoms with Gasteiger partial charge in [0, 0.05) is 26.0 Å². The van der Waals surface area contributed by atoms with Gasteiger partial charge in [0.1, 0.15) is 11.5 Å². The van der Waals surface area contributed by atoms with Crippen molar-refractivity contribution in [1.29, 1.82) is 0 Å². The Morgan fingerprint density at radius 1 is 1.12 bits per heavy atom. The number of hydrogen-bond acceptors (Lipinski definition) is 4. The van der Waals surface area contributed by atoms with Gasteiger partial charge in [-0.3, -0.25) is 0 Å². The number of carboxylic acids is 1. The highest BCUT2D eigenvalue weighted by Crippen LogP contribution is 2.25. The first-order valence-corrected chi connectivity index (χ1v) is 7.87. The van der Waals surface area contributed by atoms with Crippen molar-refractivity contribution in [2.45, 2.75) is 26.1 Å². The van der Waals surface area contributed by atoms with E-state index in [0.29, 0.717) is 24.5 Å². The molecule has 0 amide bonds. The second kappa shape index (κ2) is 8.93.